The Kier molecular flexibility index (Phi) is 5.11. The molecule has 0 atom stereocenters. The van der Waals surface area contributed by atoms with E-state index in [0.29, 0.717) is 0 Å². The molecular weight excluding hydrogens is 486 g/mol. The minimum atomic E-state index is 0.791. The molecule has 0 saturated heterocycles. The van der Waals surface area contributed by atoms with E-state index in [2.05, 4.69) is 161 Å². The van der Waals surface area contributed by atoms with E-state index in [0.717, 1.165) is 12.1 Å². The number of nitrogens with zero attached hydrogens (tertiary/aromatic N) is 3. The van der Waals surface area contributed by atoms with Crippen molar-refractivity contribution >= 4 is 11.9 Å². The largest absolute Gasteiger partial charge is 0.256 e. The molecular formula is C37H28N3+3. The Morgan fingerprint density at radius 3 is 1.95 bits per heavy atom. The van der Waals surface area contributed by atoms with Gasteiger partial charge in [-0.2, -0.15) is 13.7 Å². The zero-order valence-electron chi connectivity index (χ0n) is 22.3. The Hall–Kier alpha value is -5.15. The first kappa shape index (κ1) is 22.8. The average molecular weight is 515 g/mol. The number of benzene rings is 3. The van der Waals surface area contributed by atoms with Crippen LogP contribution in [0.5, 0.6) is 0 Å². The van der Waals surface area contributed by atoms with Crippen LogP contribution in [-0.4, -0.2) is 0 Å². The molecule has 0 saturated carbocycles. The third-order valence-electron chi connectivity index (χ3n) is 8.23. The monoisotopic (exact) mass is 514 g/mol. The van der Waals surface area contributed by atoms with Gasteiger partial charge in [0.05, 0.1) is 12.0 Å². The molecule has 5 heterocycles. The molecule has 2 aliphatic rings. The van der Waals surface area contributed by atoms with Crippen molar-refractivity contribution in [3.63, 3.8) is 0 Å². The fourth-order valence-electron chi connectivity index (χ4n) is 6.41. The van der Waals surface area contributed by atoms with Crippen molar-refractivity contribution in [2.75, 3.05) is 0 Å². The normalized spacial score (nSPS) is 14.0. The smallest absolute Gasteiger partial charge is 0.160 e. The maximum atomic E-state index is 2.51. The second-order valence-electron chi connectivity index (χ2n) is 10.6. The molecule has 0 N–H and O–H groups in total. The molecule has 4 bridgehead atoms. The van der Waals surface area contributed by atoms with Gasteiger partial charge in [-0.3, -0.25) is 0 Å². The lowest BCUT2D eigenvalue weighted by atomic mass is 9.94. The summed E-state index contributed by atoms with van der Waals surface area (Å²) >= 11 is 0. The van der Waals surface area contributed by atoms with Crippen LogP contribution in [0.1, 0.15) is 11.1 Å². The molecule has 3 aromatic heterocycles. The average Bonchev–Trinajstić information content (AvgIpc) is 3.01. The van der Waals surface area contributed by atoms with Gasteiger partial charge in [-0.15, -0.1) is 0 Å². The Morgan fingerprint density at radius 2 is 1.10 bits per heavy atom. The summed E-state index contributed by atoms with van der Waals surface area (Å²) in [5.74, 6) is 0. The highest BCUT2D eigenvalue weighted by molar-refractivity contribution is 5.82. The molecule has 0 spiro atoms. The Bertz CT molecular complexity index is 2000. The van der Waals surface area contributed by atoms with Crippen LogP contribution >= 0.6 is 0 Å². The molecule has 40 heavy (non-hydrogen) atoms. The lowest BCUT2D eigenvalue weighted by molar-refractivity contribution is -0.591. The van der Waals surface area contributed by atoms with E-state index in [1.54, 1.807) is 0 Å². The molecule has 0 aliphatic carbocycles. The molecule has 8 rings (SSSR count). The van der Waals surface area contributed by atoms with Gasteiger partial charge in [-0.1, -0.05) is 42.5 Å². The summed E-state index contributed by atoms with van der Waals surface area (Å²) in [7, 11) is 0. The minimum absolute atomic E-state index is 0.791. The van der Waals surface area contributed by atoms with Gasteiger partial charge in [0.1, 0.15) is 11.1 Å². The molecule has 0 unspecified atom stereocenters. The van der Waals surface area contributed by atoms with Crippen LogP contribution in [0.25, 0.3) is 62.6 Å². The van der Waals surface area contributed by atoms with Crippen molar-refractivity contribution in [2.24, 2.45) is 0 Å². The quantitative estimate of drug-likeness (QED) is 0.213. The molecule has 6 aromatic rings. The van der Waals surface area contributed by atoms with Gasteiger partial charge in [0.15, 0.2) is 12.4 Å². The van der Waals surface area contributed by atoms with Crippen LogP contribution in [0.3, 0.4) is 0 Å². The van der Waals surface area contributed by atoms with E-state index in [1.807, 2.05) is 0 Å². The van der Waals surface area contributed by atoms with Gasteiger partial charge >= 0.3 is 0 Å². The molecule has 2 aliphatic heterocycles. The summed E-state index contributed by atoms with van der Waals surface area (Å²) < 4.78 is 7.17. The Labute approximate surface area is 234 Å². The predicted octanol–water partition coefficient (Wildman–Crippen LogP) is 6.84. The standard InChI is InChI=1S/C37H28N3/c1-26-12-2-4-14-29(26)35-20-11-21-36-30-15-5-3-13-27(30)24-28-25-38-22-8-6-18-33(38)31-16-10-17-32(37(31)40(35)36)34-19-7-9-23-39(28)34/h2-23,25H,24H2,1H3/q+3/b28-25-. The fourth-order valence-corrected chi connectivity index (χ4v) is 6.41. The number of fused-ring (bicyclic) bond motifs is 5. The minimum Gasteiger partial charge on any atom is -0.160 e. The van der Waals surface area contributed by atoms with Crippen LogP contribution in [0.4, 0.5) is 0 Å². The highest BCUT2D eigenvalue weighted by Crippen LogP contribution is 2.37. The molecule has 0 amide bonds. The van der Waals surface area contributed by atoms with Crippen molar-refractivity contribution in [1.82, 2.24) is 0 Å². The van der Waals surface area contributed by atoms with Crippen LogP contribution in [0, 0.1) is 6.92 Å². The summed E-state index contributed by atoms with van der Waals surface area (Å²) in [5, 5.41) is 0. The SMILES string of the molecule is Cc1ccccc1-c1cccc2[n+]1-c1c3cccc1-c1cccc[n+]1/C(=C\[n+]1ccccc1-3)Cc1ccccc1-2. The van der Waals surface area contributed by atoms with Gasteiger partial charge in [-0.25, -0.2) is 0 Å². The summed E-state index contributed by atoms with van der Waals surface area (Å²) in [4.78, 5) is 0. The van der Waals surface area contributed by atoms with Crippen LogP contribution in [0.2, 0.25) is 0 Å². The molecule has 3 nitrogen and oxygen atoms in total. The van der Waals surface area contributed by atoms with E-state index in [9.17, 15) is 0 Å². The van der Waals surface area contributed by atoms with Gasteiger partial charge in [0.25, 0.3) is 5.70 Å². The third-order valence-corrected chi connectivity index (χ3v) is 8.23. The highest BCUT2D eigenvalue weighted by Gasteiger charge is 2.38. The van der Waals surface area contributed by atoms with Gasteiger partial charge in [0, 0.05) is 42.0 Å². The number of hydrogen-bond donors (Lipinski definition) is 0. The number of para-hydroxylation sites is 1. The predicted molar refractivity (Wildman–Crippen MR) is 159 cm³/mol. The van der Waals surface area contributed by atoms with Crippen molar-refractivity contribution < 1.29 is 13.7 Å². The van der Waals surface area contributed by atoms with Crippen LogP contribution < -0.4 is 13.7 Å². The molecule has 3 aromatic carbocycles. The topological polar surface area (TPSA) is 11.6 Å². The zero-order chi connectivity index (χ0) is 26.6. The zero-order valence-corrected chi connectivity index (χ0v) is 22.3. The lowest BCUT2D eigenvalue weighted by Gasteiger charge is -2.17. The summed E-state index contributed by atoms with van der Waals surface area (Å²) in [6, 6.07) is 44.1. The molecule has 188 valence electrons. The number of rotatable bonds is 1. The second-order valence-corrected chi connectivity index (χ2v) is 10.6. The van der Waals surface area contributed by atoms with Crippen molar-refractivity contribution in [3.05, 3.63) is 145 Å². The van der Waals surface area contributed by atoms with E-state index in [4.69, 9.17) is 0 Å². The third kappa shape index (κ3) is 3.41. The first-order valence-electron chi connectivity index (χ1n) is 13.8. The summed E-state index contributed by atoms with van der Waals surface area (Å²) in [6.45, 7) is 2.21. The number of aromatic nitrogens is 3. The number of hydrogen-bond acceptors (Lipinski definition) is 0. The maximum Gasteiger partial charge on any atom is 0.256 e. The molecule has 0 fully saturated rings. The lowest BCUT2D eigenvalue weighted by Crippen LogP contribution is -2.41. The Balaban J connectivity index is 1.66. The van der Waals surface area contributed by atoms with E-state index >= 15 is 0 Å². The maximum absolute atomic E-state index is 2.51. The van der Waals surface area contributed by atoms with Crippen LogP contribution in [-0.2, 0) is 6.42 Å². The first-order chi connectivity index (χ1) is 19.8. The number of aryl methyl sites for hydroxylation is 1. The van der Waals surface area contributed by atoms with Gasteiger partial charge < -0.3 is 0 Å². The highest BCUT2D eigenvalue weighted by atomic mass is 15.1. The van der Waals surface area contributed by atoms with Crippen molar-refractivity contribution in [3.8, 4) is 50.7 Å². The molecule has 3 heteroatoms. The summed E-state index contributed by atoms with van der Waals surface area (Å²) in [6.07, 6.45) is 7.47. The van der Waals surface area contributed by atoms with E-state index < -0.39 is 0 Å². The number of pyridine rings is 3. The second kappa shape index (κ2) is 8.96. The first-order valence-corrected chi connectivity index (χ1v) is 13.8. The summed E-state index contributed by atoms with van der Waals surface area (Å²) in [5.41, 5.74) is 14.5. The van der Waals surface area contributed by atoms with Crippen molar-refractivity contribution in [2.45, 2.75) is 13.3 Å². The Morgan fingerprint density at radius 1 is 0.500 bits per heavy atom. The van der Waals surface area contributed by atoms with Gasteiger partial charge in [-0.05, 0) is 60.5 Å². The van der Waals surface area contributed by atoms with Crippen molar-refractivity contribution in [1.29, 1.82) is 0 Å². The van der Waals surface area contributed by atoms with E-state index in [-0.39, 0.29) is 0 Å². The van der Waals surface area contributed by atoms with Crippen LogP contribution in [0.15, 0.2) is 134 Å². The molecule has 0 radical (unpaired) electrons. The van der Waals surface area contributed by atoms with E-state index in [1.165, 1.54) is 61.8 Å². The fraction of sp³-hybridized carbons (Fsp3) is 0.0541. The number of allylic oxidation sites excluding steroid dienone is 1. The van der Waals surface area contributed by atoms with Gasteiger partial charge in [0.2, 0.25) is 34.7 Å².